The molecule has 0 saturated heterocycles. The van der Waals surface area contributed by atoms with Crippen LogP contribution in [0.4, 0.5) is 22.7 Å². The van der Waals surface area contributed by atoms with Gasteiger partial charge < -0.3 is 25.4 Å². The smallest absolute Gasteiger partial charge is 0.259 e. The first kappa shape index (κ1) is 46.1. The molecule has 3 N–H and O–H groups in total. The molecule has 1 aliphatic carbocycles. The third kappa shape index (κ3) is 12.4. The second-order valence-corrected chi connectivity index (χ2v) is 19.1. The second-order valence-electron chi connectivity index (χ2n) is 18.0. The van der Waals surface area contributed by atoms with E-state index in [0.29, 0.717) is 28.8 Å². The van der Waals surface area contributed by atoms with E-state index in [1.165, 1.54) is 99.3 Å². The van der Waals surface area contributed by atoms with Crippen molar-refractivity contribution >= 4 is 40.4 Å². The number of nitrogens with one attached hydrogen (secondary N) is 2. The SMILES string of the molecule is CCCCCC1CCC(c2ccc(-c3ccc(Sc4cc(N(CCCCC)CCCCC)cc5c4Nc4cc(C(=O)Nc6ccc(CCCC)cc6)c(O)cc4O5)cc3)cc2)CC1. The predicted octanol–water partition coefficient (Wildman–Crippen LogP) is 16.7. The van der Waals surface area contributed by atoms with E-state index in [1.807, 2.05) is 12.1 Å². The average Bonchev–Trinajstić information content (AvgIpc) is 3.30. The summed E-state index contributed by atoms with van der Waals surface area (Å²) >= 11 is 1.72. The summed E-state index contributed by atoms with van der Waals surface area (Å²) in [7, 11) is 0. The summed E-state index contributed by atoms with van der Waals surface area (Å²) in [6.45, 7) is 11.0. The fourth-order valence-corrected chi connectivity index (χ4v) is 10.3. The van der Waals surface area contributed by atoms with Crippen LogP contribution in [0.3, 0.4) is 0 Å². The number of anilines is 4. The van der Waals surface area contributed by atoms with Crippen LogP contribution >= 0.6 is 11.8 Å². The average molecular weight is 866 g/mol. The molecule has 0 atom stereocenters. The molecule has 5 aromatic carbocycles. The van der Waals surface area contributed by atoms with Crippen molar-refractivity contribution in [1.29, 1.82) is 0 Å². The Labute approximate surface area is 382 Å². The number of rotatable bonds is 22. The largest absolute Gasteiger partial charge is 0.507 e. The standard InChI is InChI=1S/C56H71N3O3S/c1-5-9-13-17-41-18-22-42(23-19-41)43-24-26-44(27-25-43)45-28-32-48(33-29-45)63-54-37-47(59(34-14-10-6-2)35-15-11-7-3)36-53-55(54)58-50-38-49(51(60)39-52(50)62-53)56(61)57-46-30-20-40(21-31-46)16-12-8-4/h20-21,24-33,36-39,41-42,58,60H,5-19,22-23,34-35H2,1-4H3,(H,57,61). The molecule has 6 nitrogen and oxygen atoms in total. The van der Waals surface area contributed by atoms with Crippen molar-refractivity contribution < 1.29 is 14.6 Å². The lowest BCUT2D eigenvalue weighted by Crippen LogP contribution is -2.26. The number of carbonyl (C=O) groups excluding carboxylic acids is 1. The monoisotopic (exact) mass is 866 g/mol. The van der Waals surface area contributed by atoms with Gasteiger partial charge in [0.25, 0.3) is 5.91 Å². The summed E-state index contributed by atoms with van der Waals surface area (Å²) < 4.78 is 6.64. The van der Waals surface area contributed by atoms with Crippen LogP contribution in [0.15, 0.2) is 107 Å². The van der Waals surface area contributed by atoms with E-state index in [9.17, 15) is 9.90 Å². The van der Waals surface area contributed by atoms with Crippen LogP contribution < -0.4 is 20.3 Å². The van der Waals surface area contributed by atoms with Crippen LogP contribution in [0.2, 0.25) is 0 Å². The van der Waals surface area contributed by atoms with Crippen molar-refractivity contribution in [2.45, 2.75) is 153 Å². The summed E-state index contributed by atoms with van der Waals surface area (Å²) in [6.07, 6.45) is 21.2. The van der Waals surface area contributed by atoms with Crippen LogP contribution in [0.5, 0.6) is 17.2 Å². The lowest BCUT2D eigenvalue weighted by atomic mass is 9.77. The van der Waals surface area contributed by atoms with Crippen molar-refractivity contribution in [3.05, 3.63) is 114 Å². The van der Waals surface area contributed by atoms with Crippen LogP contribution in [0.1, 0.15) is 158 Å². The number of ether oxygens (including phenoxy) is 1. The Hall–Kier alpha value is -4.88. The Morgan fingerprint density at radius 1 is 0.714 bits per heavy atom. The lowest BCUT2D eigenvalue weighted by Gasteiger charge is -2.30. The maximum atomic E-state index is 13.6. The van der Waals surface area contributed by atoms with Crippen molar-refractivity contribution in [3.8, 4) is 28.4 Å². The van der Waals surface area contributed by atoms with Crippen LogP contribution in [0, 0.1) is 5.92 Å². The Morgan fingerprint density at radius 3 is 2.00 bits per heavy atom. The third-order valence-electron chi connectivity index (χ3n) is 13.2. The van der Waals surface area contributed by atoms with Crippen molar-refractivity contribution in [3.63, 3.8) is 0 Å². The molecular weight excluding hydrogens is 795 g/mol. The van der Waals surface area contributed by atoms with Gasteiger partial charge in [-0.1, -0.05) is 146 Å². The van der Waals surface area contributed by atoms with E-state index < -0.39 is 0 Å². The third-order valence-corrected chi connectivity index (χ3v) is 14.2. The molecule has 0 bridgehead atoms. The minimum Gasteiger partial charge on any atom is -0.507 e. The number of benzene rings is 5. The van der Waals surface area contributed by atoms with Crippen LogP contribution in [-0.4, -0.2) is 24.1 Å². The quantitative estimate of drug-likeness (QED) is 0.0466. The Balaban J connectivity index is 1.11. The molecule has 5 aromatic rings. The zero-order valence-corrected chi connectivity index (χ0v) is 39.3. The summed E-state index contributed by atoms with van der Waals surface area (Å²) in [5.74, 6) is 2.30. The normalized spacial score (nSPS) is 15.5. The number of amides is 1. The summed E-state index contributed by atoms with van der Waals surface area (Å²) in [5, 5.41) is 17.8. The highest BCUT2D eigenvalue weighted by molar-refractivity contribution is 7.99. The minimum absolute atomic E-state index is 0.127. The Bertz CT molecular complexity index is 2200. The van der Waals surface area contributed by atoms with Crippen LogP contribution in [0.25, 0.3) is 11.1 Å². The fraction of sp³-hybridized carbons (Fsp3) is 0.446. The first-order chi connectivity index (χ1) is 30.8. The van der Waals surface area contributed by atoms with E-state index >= 15 is 0 Å². The van der Waals surface area contributed by atoms with Gasteiger partial charge in [0, 0.05) is 46.4 Å². The van der Waals surface area contributed by atoms with E-state index in [-0.39, 0.29) is 17.2 Å². The topological polar surface area (TPSA) is 73.8 Å². The molecule has 1 aliphatic heterocycles. The number of hydrogen-bond acceptors (Lipinski definition) is 6. The molecular formula is C56H71N3O3S. The Morgan fingerprint density at radius 2 is 1.35 bits per heavy atom. The molecule has 1 heterocycles. The van der Waals surface area contributed by atoms with Crippen molar-refractivity contribution in [2.75, 3.05) is 28.6 Å². The zero-order chi connectivity index (χ0) is 44.0. The number of phenolic OH excluding ortho intramolecular Hbond substituents is 1. The maximum Gasteiger partial charge on any atom is 0.259 e. The number of aromatic hydroxyl groups is 1. The second kappa shape index (κ2) is 23.2. The zero-order valence-electron chi connectivity index (χ0n) is 38.4. The van der Waals surface area contributed by atoms with Gasteiger partial charge in [0.05, 0.1) is 16.9 Å². The first-order valence-electron chi connectivity index (χ1n) is 24.4. The van der Waals surface area contributed by atoms with E-state index in [4.69, 9.17) is 4.74 Å². The number of aryl methyl sites for hydroxylation is 1. The molecule has 2 aliphatic rings. The van der Waals surface area contributed by atoms with Crippen molar-refractivity contribution in [2.24, 2.45) is 5.92 Å². The molecule has 0 unspecified atom stereocenters. The molecule has 63 heavy (non-hydrogen) atoms. The highest BCUT2D eigenvalue weighted by Gasteiger charge is 2.27. The van der Waals surface area contributed by atoms with Gasteiger partial charge in [-0.15, -0.1) is 0 Å². The molecule has 334 valence electrons. The maximum absolute atomic E-state index is 13.6. The van der Waals surface area contributed by atoms with Crippen molar-refractivity contribution in [1.82, 2.24) is 0 Å². The Kier molecular flexibility index (Phi) is 17.0. The number of hydrogen-bond donors (Lipinski definition) is 3. The number of phenols is 1. The van der Waals surface area contributed by atoms with Gasteiger partial charge >= 0.3 is 0 Å². The molecule has 7 heteroatoms. The summed E-state index contributed by atoms with van der Waals surface area (Å²) in [4.78, 5) is 18.3. The van der Waals surface area contributed by atoms with Gasteiger partial charge in [0.2, 0.25) is 0 Å². The molecule has 1 saturated carbocycles. The molecule has 1 amide bonds. The molecule has 0 radical (unpaired) electrons. The molecule has 0 spiro atoms. The first-order valence-corrected chi connectivity index (χ1v) is 25.2. The fourth-order valence-electron chi connectivity index (χ4n) is 9.30. The van der Waals surface area contributed by atoms with E-state index in [2.05, 4.69) is 116 Å². The summed E-state index contributed by atoms with van der Waals surface area (Å²) in [5.41, 5.74) is 8.70. The number of unbranched alkanes of at least 4 members (excludes halogenated alkanes) is 7. The van der Waals surface area contributed by atoms with Crippen LogP contribution in [-0.2, 0) is 6.42 Å². The molecule has 1 fully saturated rings. The van der Waals surface area contributed by atoms with Gasteiger partial charge in [-0.05, 0) is 122 Å². The van der Waals surface area contributed by atoms with Gasteiger partial charge in [-0.3, -0.25) is 4.79 Å². The predicted molar refractivity (Wildman–Crippen MR) is 267 cm³/mol. The molecule has 0 aromatic heterocycles. The van der Waals surface area contributed by atoms with E-state index in [1.54, 1.807) is 23.9 Å². The minimum atomic E-state index is -0.376. The number of nitrogens with zero attached hydrogens (tertiary/aromatic N) is 1. The highest BCUT2D eigenvalue weighted by atomic mass is 32.2. The van der Waals surface area contributed by atoms with Gasteiger partial charge in [0.15, 0.2) is 11.5 Å². The van der Waals surface area contributed by atoms with E-state index in [0.717, 1.165) is 72.3 Å². The summed E-state index contributed by atoms with van der Waals surface area (Å²) in [6, 6.07) is 33.9. The number of fused-ring (bicyclic) bond motifs is 2. The van der Waals surface area contributed by atoms with Gasteiger partial charge in [-0.25, -0.2) is 0 Å². The van der Waals surface area contributed by atoms with Gasteiger partial charge in [-0.2, -0.15) is 0 Å². The highest BCUT2D eigenvalue weighted by Crippen LogP contribution is 2.51. The lowest BCUT2D eigenvalue weighted by molar-refractivity contribution is 0.102. The number of carbonyl (C=O) groups is 1. The molecule has 7 rings (SSSR count). The van der Waals surface area contributed by atoms with Gasteiger partial charge in [0.1, 0.15) is 5.75 Å².